The first-order valence-corrected chi connectivity index (χ1v) is 7.72. The van der Waals surface area contributed by atoms with E-state index >= 15 is 0 Å². The van der Waals surface area contributed by atoms with E-state index in [1.165, 1.54) is 11.1 Å². The van der Waals surface area contributed by atoms with Crippen LogP contribution in [0.15, 0.2) is 46.9 Å². The van der Waals surface area contributed by atoms with Crippen LogP contribution in [0.3, 0.4) is 0 Å². The molecule has 0 unspecified atom stereocenters. The summed E-state index contributed by atoms with van der Waals surface area (Å²) in [6, 6.07) is 14.4. The van der Waals surface area contributed by atoms with Crippen LogP contribution in [0.2, 0.25) is 0 Å². The Morgan fingerprint density at radius 3 is 2.40 bits per heavy atom. The lowest BCUT2D eigenvalue weighted by atomic mass is 10.1. The van der Waals surface area contributed by atoms with Crippen molar-refractivity contribution in [1.82, 2.24) is 5.32 Å². The van der Waals surface area contributed by atoms with Gasteiger partial charge in [-0.3, -0.25) is 0 Å². The molecule has 0 atom stereocenters. The lowest BCUT2D eigenvalue weighted by Crippen LogP contribution is -2.12. The average Bonchev–Trinajstić information content (AvgIpc) is 2.48. The molecule has 0 amide bonds. The van der Waals surface area contributed by atoms with Crippen molar-refractivity contribution in [2.75, 3.05) is 7.11 Å². The number of hydrogen-bond donors (Lipinski definition) is 1. The maximum Gasteiger partial charge on any atom is 0.133 e. The van der Waals surface area contributed by atoms with Gasteiger partial charge in [0.25, 0.3) is 0 Å². The number of alkyl halides is 1. The molecule has 106 valence electrons. The summed E-state index contributed by atoms with van der Waals surface area (Å²) in [5.41, 5.74) is 3.61. The highest BCUT2D eigenvalue weighted by atomic mass is 79.9. The van der Waals surface area contributed by atoms with Crippen LogP contribution >= 0.6 is 27.5 Å². The van der Waals surface area contributed by atoms with Crippen LogP contribution in [0.1, 0.15) is 16.7 Å². The predicted molar refractivity (Wildman–Crippen MR) is 87.2 cm³/mol. The Morgan fingerprint density at radius 1 is 1.05 bits per heavy atom. The van der Waals surface area contributed by atoms with Gasteiger partial charge in [0.15, 0.2) is 0 Å². The molecule has 2 rings (SSSR count). The lowest BCUT2D eigenvalue weighted by molar-refractivity contribution is 0.412. The second-order valence-corrected chi connectivity index (χ2v) is 5.65. The molecule has 2 aromatic rings. The van der Waals surface area contributed by atoms with Gasteiger partial charge in [0.1, 0.15) is 5.75 Å². The van der Waals surface area contributed by atoms with Crippen LogP contribution in [0.4, 0.5) is 0 Å². The van der Waals surface area contributed by atoms with Crippen molar-refractivity contribution in [3.8, 4) is 5.75 Å². The van der Waals surface area contributed by atoms with E-state index in [1.807, 2.05) is 18.2 Å². The smallest absolute Gasteiger partial charge is 0.133 e. The Morgan fingerprint density at radius 2 is 1.75 bits per heavy atom. The number of hydrogen-bond acceptors (Lipinski definition) is 2. The second-order valence-electron chi connectivity index (χ2n) is 4.53. The molecular formula is C16H17BrClNO. The number of halogens is 2. The van der Waals surface area contributed by atoms with Gasteiger partial charge in [0.2, 0.25) is 0 Å². The summed E-state index contributed by atoms with van der Waals surface area (Å²) in [5, 5.41) is 3.43. The van der Waals surface area contributed by atoms with E-state index < -0.39 is 0 Å². The Bertz CT molecular complexity index is 574. The van der Waals surface area contributed by atoms with E-state index in [-0.39, 0.29) is 0 Å². The number of ether oxygens (including phenoxy) is 1. The van der Waals surface area contributed by atoms with Crippen molar-refractivity contribution in [3.05, 3.63) is 63.6 Å². The minimum atomic E-state index is 0.555. The fraction of sp³-hybridized carbons (Fsp3) is 0.250. The zero-order valence-electron chi connectivity index (χ0n) is 11.3. The van der Waals surface area contributed by atoms with Crippen LogP contribution in [-0.2, 0) is 19.0 Å². The maximum atomic E-state index is 5.84. The van der Waals surface area contributed by atoms with Gasteiger partial charge < -0.3 is 10.1 Å². The SMILES string of the molecule is COc1ccc(CNCc2cccc(CCl)c2)cc1Br. The lowest BCUT2D eigenvalue weighted by Gasteiger charge is -2.08. The van der Waals surface area contributed by atoms with Gasteiger partial charge >= 0.3 is 0 Å². The Balaban J connectivity index is 1.90. The van der Waals surface area contributed by atoms with Gasteiger partial charge in [-0.2, -0.15) is 0 Å². The third-order valence-electron chi connectivity index (χ3n) is 3.02. The van der Waals surface area contributed by atoms with Gasteiger partial charge in [-0.15, -0.1) is 11.6 Å². The summed E-state index contributed by atoms with van der Waals surface area (Å²) < 4.78 is 6.19. The molecule has 0 bridgehead atoms. The monoisotopic (exact) mass is 353 g/mol. The number of rotatable bonds is 6. The molecule has 0 spiro atoms. The van der Waals surface area contributed by atoms with Crippen molar-refractivity contribution in [1.29, 1.82) is 0 Å². The van der Waals surface area contributed by atoms with Crippen LogP contribution in [0.5, 0.6) is 5.75 Å². The summed E-state index contributed by atoms with van der Waals surface area (Å²) >= 11 is 9.33. The normalized spacial score (nSPS) is 10.6. The number of nitrogens with one attached hydrogen (secondary N) is 1. The van der Waals surface area contributed by atoms with E-state index in [0.717, 1.165) is 28.9 Å². The van der Waals surface area contributed by atoms with Crippen molar-refractivity contribution in [2.45, 2.75) is 19.0 Å². The van der Waals surface area contributed by atoms with Gasteiger partial charge in [0, 0.05) is 19.0 Å². The third-order valence-corrected chi connectivity index (χ3v) is 3.95. The van der Waals surface area contributed by atoms with Crippen molar-refractivity contribution in [2.24, 2.45) is 0 Å². The molecule has 0 aromatic heterocycles. The fourth-order valence-electron chi connectivity index (χ4n) is 1.99. The summed E-state index contributed by atoms with van der Waals surface area (Å²) in [7, 11) is 1.67. The van der Waals surface area contributed by atoms with E-state index in [4.69, 9.17) is 16.3 Å². The largest absolute Gasteiger partial charge is 0.496 e. The molecule has 0 radical (unpaired) electrons. The molecule has 0 saturated carbocycles. The first-order chi connectivity index (χ1) is 9.72. The van der Waals surface area contributed by atoms with Gasteiger partial charge in [-0.05, 0) is 44.8 Å². The van der Waals surface area contributed by atoms with E-state index in [2.05, 4.69) is 45.5 Å². The van der Waals surface area contributed by atoms with Gasteiger partial charge in [-0.25, -0.2) is 0 Å². The molecular weight excluding hydrogens is 338 g/mol. The zero-order chi connectivity index (χ0) is 14.4. The van der Waals surface area contributed by atoms with Crippen molar-refractivity contribution < 1.29 is 4.74 Å². The van der Waals surface area contributed by atoms with E-state index in [9.17, 15) is 0 Å². The van der Waals surface area contributed by atoms with E-state index in [1.54, 1.807) is 7.11 Å². The summed E-state index contributed by atoms with van der Waals surface area (Å²) in [6.45, 7) is 1.64. The highest BCUT2D eigenvalue weighted by molar-refractivity contribution is 9.10. The predicted octanol–water partition coefficient (Wildman–Crippen LogP) is 4.49. The van der Waals surface area contributed by atoms with Crippen LogP contribution in [0.25, 0.3) is 0 Å². The molecule has 0 aliphatic carbocycles. The maximum absolute atomic E-state index is 5.84. The van der Waals surface area contributed by atoms with Crippen molar-refractivity contribution in [3.63, 3.8) is 0 Å². The quantitative estimate of drug-likeness (QED) is 0.772. The van der Waals surface area contributed by atoms with Crippen LogP contribution < -0.4 is 10.1 Å². The summed E-state index contributed by atoms with van der Waals surface area (Å²) in [4.78, 5) is 0. The fourth-order valence-corrected chi connectivity index (χ4v) is 2.75. The summed E-state index contributed by atoms with van der Waals surface area (Å²) in [6.07, 6.45) is 0. The first-order valence-electron chi connectivity index (χ1n) is 6.40. The number of benzene rings is 2. The topological polar surface area (TPSA) is 21.3 Å². The van der Waals surface area contributed by atoms with Crippen LogP contribution in [-0.4, -0.2) is 7.11 Å². The Labute approximate surface area is 133 Å². The molecule has 2 aromatic carbocycles. The average molecular weight is 355 g/mol. The summed E-state index contributed by atoms with van der Waals surface area (Å²) in [5.74, 6) is 1.41. The van der Waals surface area contributed by atoms with Crippen LogP contribution in [0, 0.1) is 0 Å². The Hall–Kier alpha value is -1.03. The van der Waals surface area contributed by atoms with Gasteiger partial charge in [-0.1, -0.05) is 30.3 Å². The Kier molecular flexibility index (Phi) is 5.89. The standard InChI is InChI=1S/C16H17BrClNO/c1-20-16-6-5-14(8-15(16)17)11-19-10-13-4-2-3-12(7-13)9-18/h2-8,19H,9-11H2,1H3. The first kappa shape index (κ1) is 15.4. The molecule has 1 N–H and O–H groups in total. The van der Waals surface area contributed by atoms with E-state index in [0.29, 0.717) is 5.88 Å². The minimum Gasteiger partial charge on any atom is -0.496 e. The third kappa shape index (κ3) is 4.23. The minimum absolute atomic E-state index is 0.555. The molecule has 0 aliphatic heterocycles. The zero-order valence-corrected chi connectivity index (χ0v) is 13.7. The van der Waals surface area contributed by atoms with Crippen molar-refractivity contribution >= 4 is 27.5 Å². The molecule has 0 aliphatic rings. The molecule has 0 fully saturated rings. The molecule has 2 nitrogen and oxygen atoms in total. The second kappa shape index (κ2) is 7.67. The molecule has 0 saturated heterocycles. The highest BCUT2D eigenvalue weighted by Crippen LogP contribution is 2.25. The number of methoxy groups -OCH3 is 1. The molecule has 20 heavy (non-hydrogen) atoms. The molecule has 0 heterocycles. The highest BCUT2D eigenvalue weighted by Gasteiger charge is 2.01. The molecule has 4 heteroatoms. The van der Waals surface area contributed by atoms with Gasteiger partial charge in [0.05, 0.1) is 11.6 Å².